The summed E-state index contributed by atoms with van der Waals surface area (Å²) in [5, 5.41) is 3.09. The molecule has 0 aliphatic heterocycles. The van der Waals surface area contributed by atoms with E-state index in [1.54, 1.807) is 19.9 Å². The molecule has 0 saturated carbocycles. The smallest absolute Gasteiger partial charge is 0.744 e. The fourth-order valence-corrected chi connectivity index (χ4v) is 2.61. The Morgan fingerprint density at radius 1 is 1.32 bits per heavy atom. The molecule has 0 bridgehead atoms. The van der Waals surface area contributed by atoms with Gasteiger partial charge in [0.25, 0.3) is 0 Å². The van der Waals surface area contributed by atoms with Crippen LogP contribution in [0.3, 0.4) is 0 Å². The average molecular weight is 358 g/mol. The van der Waals surface area contributed by atoms with Crippen molar-refractivity contribution in [2.24, 2.45) is 0 Å². The van der Waals surface area contributed by atoms with E-state index in [2.05, 4.69) is 21.2 Å². The second kappa shape index (κ2) is 7.75. The number of halogens is 1. The van der Waals surface area contributed by atoms with Crippen molar-refractivity contribution in [3.8, 4) is 0 Å². The van der Waals surface area contributed by atoms with Gasteiger partial charge in [-0.25, -0.2) is 8.42 Å². The van der Waals surface area contributed by atoms with Gasteiger partial charge in [0.15, 0.2) is 0 Å². The molecule has 0 atom stereocenters. The molecule has 0 radical (unpaired) electrons. The first kappa shape index (κ1) is 19.1. The second-order valence-corrected chi connectivity index (χ2v) is 6.01. The molecule has 5 nitrogen and oxygen atoms in total. The molecule has 0 aromatic heterocycles. The Bertz CT molecular complexity index is 574. The van der Waals surface area contributed by atoms with Crippen molar-refractivity contribution in [2.75, 3.05) is 10.6 Å². The van der Waals surface area contributed by atoms with Crippen LogP contribution in [0.15, 0.2) is 17.0 Å². The fraction of sp³-hybridized carbons (Fsp3) is 0.364. The van der Waals surface area contributed by atoms with Gasteiger partial charge in [0.2, 0.25) is 5.91 Å². The summed E-state index contributed by atoms with van der Waals surface area (Å²) in [7, 11) is -4.53. The molecule has 1 amide bonds. The molecule has 1 aromatic carbocycles. The molecule has 1 aromatic rings. The Kier molecular flexibility index (Phi) is 7.79. The van der Waals surface area contributed by atoms with Crippen LogP contribution >= 0.6 is 15.9 Å². The second-order valence-electron chi connectivity index (χ2n) is 3.87. The Morgan fingerprint density at radius 2 is 1.89 bits per heavy atom. The number of aryl methyl sites for hydroxylation is 2. The van der Waals surface area contributed by atoms with Gasteiger partial charge in [-0.1, -0.05) is 22.0 Å². The molecule has 1 rings (SSSR count). The number of amides is 1. The molecule has 0 fully saturated rings. The monoisotopic (exact) mass is 357 g/mol. The van der Waals surface area contributed by atoms with Gasteiger partial charge >= 0.3 is 29.6 Å². The first-order valence-electron chi connectivity index (χ1n) is 5.18. The van der Waals surface area contributed by atoms with E-state index in [1.165, 1.54) is 6.07 Å². The van der Waals surface area contributed by atoms with Gasteiger partial charge in [0.05, 0.1) is 4.90 Å². The van der Waals surface area contributed by atoms with Crippen LogP contribution in [0.25, 0.3) is 0 Å². The van der Waals surface area contributed by atoms with Gasteiger partial charge in [-0.2, -0.15) is 0 Å². The van der Waals surface area contributed by atoms with Crippen LogP contribution in [0.2, 0.25) is 0 Å². The maximum atomic E-state index is 11.4. The Hall–Kier alpha value is 0.0800. The number of nitrogens with one attached hydrogen (secondary N) is 1. The topological polar surface area (TPSA) is 86.3 Å². The summed E-state index contributed by atoms with van der Waals surface area (Å²) in [5.74, 6) is -0.243. The van der Waals surface area contributed by atoms with E-state index in [1.807, 2.05) is 0 Å². The maximum absolute atomic E-state index is 11.4. The van der Waals surface area contributed by atoms with Gasteiger partial charge < -0.3 is 9.87 Å². The molecule has 0 spiro atoms. The Morgan fingerprint density at radius 3 is 2.37 bits per heavy atom. The van der Waals surface area contributed by atoms with Crippen molar-refractivity contribution in [2.45, 2.75) is 25.2 Å². The number of hydrogen-bond acceptors (Lipinski definition) is 4. The molecule has 0 aliphatic rings. The van der Waals surface area contributed by atoms with Crippen molar-refractivity contribution in [3.05, 3.63) is 23.3 Å². The number of anilines is 1. The van der Waals surface area contributed by atoms with E-state index < -0.39 is 10.1 Å². The third kappa shape index (κ3) is 5.53. The molecular formula is C11H13BrNNaO4S. The summed E-state index contributed by atoms with van der Waals surface area (Å²) in [6, 6.07) is 2.77. The number of carbonyl (C=O) groups excluding carboxylic acids is 1. The number of rotatable bonds is 4. The normalized spacial score (nSPS) is 10.7. The zero-order valence-electron chi connectivity index (χ0n) is 11.0. The number of benzene rings is 1. The molecule has 0 aliphatic carbocycles. The van der Waals surface area contributed by atoms with E-state index in [0.29, 0.717) is 22.1 Å². The third-order valence-corrected chi connectivity index (χ3v) is 3.76. The predicted octanol–water partition coefficient (Wildman–Crippen LogP) is -1.06. The minimum absolute atomic E-state index is 0. The van der Waals surface area contributed by atoms with Crippen molar-refractivity contribution >= 4 is 37.6 Å². The third-order valence-electron chi connectivity index (χ3n) is 2.39. The Labute approximate surface area is 143 Å². The van der Waals surface area contributed by atoms with Crippen LogP contribution in [-0.2, 0) is 14.9 Å². The summed E-state index contributed by atoms with van der Waals surface area (Å²) in [6.45, 7) is 3.28. The van der Waals surface area contributed by atoms with Gasteiger partial charge in [-0.3, -0.25) is 4.79 Å². The standard InChI is InChI=1S/C11H14BrNO4S.Na/c1-7-5-8(2)10(18(15,16)17)6-9(7)13-11(14)3-4-12;/h5-6H,3-4H2,1-2H3,(H,13,14)(H,15,16,17);/q;+1/p-1. The van der Waals surface area contributed by atoms with Gasteiger partial charge in [-0.15, -0.1) is 0 Å². The van der Waals surface area contributed by atoms with E-state index in [-0.39, 0.29) is 46.8 Å². The quantitative estimate of drug-likeness (QED) is 0.422. The summed E-state index contributed by atoms with van der Waals surface area (Å²) in [4.78, 5) is 11.1. The number of alkyl halides is 1. The van der Waals surface area contributed by atoms with Crippen LogP contribution in [0.1, 0.15) is 17.5 Å². The van der Waals surface area contributed by atoms with Crippen molar-refractivity contribution in [1.82, 2.24) is 0 Å². The van der Waals surface area contributed by atoms with Gasteiger partial charge in [0, 0.05) is 17.4 Å². The van der Waals surface area contributed by atoms with E-state index in [4.69, 9.17) is 0 Å². The van der Waals surface area contributed by atoms with Crippen molar-refractivity contribution < 1.29 is 47.3 Å². The summed E-state index contributed by atoms with van der Waals surface area (Å²) in [5.41, 5.74) is 1.43. The molecule has 100 valence electrons. The summed E-state index contributed by atoms with van der Waals surface area (Å²) >= 11 is 3.13. The summed E-state index contributed by atoms with van der Waals surface area (Å²) < 4.78 is 33.2. The minimum atomic E-state index is -4.53. The number of hydrogen-bond donors (Lipinski definition) is 1. The number of carbonyl (C=O) groups is 1. The van der Waals surface area contributed by atoms with Crippen molar-refractivity contribution in [3.63, 3.8) is 0 Å². The van der Waals surface area contributed by atoms with Gasteiger partial charge in [-0.05, 0) is 31.0 Å². The maximum Gasteiger partial charge on any atom is 1.00 e. The van der Waals surface area contributed by atoms with Crippen LogP contribution in [0.4, 0.5) is 5.69 Å². The van der Waals surface area contributed by atoms with Crippen LogP contribution < -0.4 is 34.9 Å². The SMILES string of the molecule is Cc1cc(C)c(S(=O)(=O)[O-])cc1NC(=O)CCBr.[Na+]. The van der Waals surface area contributed by atoms with Crippen LogP contribution in [0.5, 0.6) is 0 Å². The minimum Gasteiger partial charge on any atom is -0.744 e. The van der Waals surface area contributed by atoms with E-state index in [9.17, 15) is 17.8 Å². The molecule has 0 saturated heterocycles. The van der Waals surface area contributed by atoms with Gasteiger partial charge in [0.1, 0.15) is 10.1 Å². The Balaban J connectivity index is 0.00000324. The van der Waals surface area contributed by atoms with E-state index in [0.717, 1.165) is 0 Å². The average Bonchev–Trinajstić information content (AvgIpc) is 2.20. The van der Waals surface area contributed by atoms with Crippen molar-refractivity contribution in [1.29, 1.82) is 0 Å². The van der Waals surface area contributed by atoms with Crippen LogP contribution in [0, 0.1) is 13.8 Å². The molecule has 0 heterocycles. The molecular weight excluding hydrogens is 345 g/mol. The molecule has 19 heavy (non-hydrogen) atoms. The van der Waals surface area contributed by atoms with E-state index >= 15 is 0 Å². The summed E-state index contributed by atoms with van der Waals surface area (Å²) in [6.07, 6.45) is 0.271. The van der Waals surface area contributed by atoms with Crippen LogP contribution in [-0.4, -0.2) is 24.2 Å². The first-order chi connectivity index (χ1) is 8.25. The molecule has 0 unspecified atom stereocenters. The first-order valence-corrected chi connectivity index (χ1v) is 7.71. The molecule has 1 N–H and O–H groups in total. The molecule has 8 heteroatoms. The largest absolute Gasteiger partial charge is 1.00 e. The zero-order chi connectivity index (χ0) is 13.9. The predicted molar refractivity (Wildman–Crippen MR) is 70.9 cm³/mol. The zero-order valence-corrected chi connectivity index (χ0v) is 15.4. The fourth-order valence-electron chi connectivity index (χ4n) is 1.53.